The number of anilines is 1. The average molecular weight is 589 g/mol. The Balaban J connectivity index is 1.96. The summed E-state index contributed by atoms with van der Waals surface area (Å²) in [5.74, 6) is -0.841. The summed E-state index contributed by atoms with van der Waals surface area (Å²) in [7, 11) is -3.85. The SMILES string of the molecule is CC[C@@H](C(=O)NC1CCCCC1)N(Cc1c(Cl)cccc1Cl)C(=O)CN(c1cccc(Cl)c1)S(C)(=O)=O. The Labute approximate surface area is 234 Å². The molecule has 1 N–H and O–H groups in total. The molecule has 7 nitrogen and oxygen atoms in total. The third-order valence-corrected chi connectivity index (χ3v) is 8.59. The van der Waals surface area contributed by atoms with Crippen molar-refractivity contribution in [3.05, 3.63) is 63.1 Å². The van der Waals surface area contributed by atoms with E-state index in [1.54, 1.807) is 36.4 Å². The highest BCUT2D eigenvalue weighted by Gasteiger charge is 2.33. The summed E-state index contributed by atoms with van der Waals surface area (Å²) in [6, 6.07) is 10.5. The molecular formula is C26H32Cl3N3O4S. The van der Waals surface area contributed by atoms with Crippen LogP contribution >= 0.6 is 34.8 Å². The summed E-state index contributed by atoms with van der Waals surface area (Å²) in [5.41, 5.74) is 0.732. The molecule has 3 rings (SSSR count). The van der Waals surface area contributed by atoms with E-state index in [4.69, 9.17) is 34.8 Å². The lowest BCUT2D eigenvalue weighted by atomic mass is 9.95. The molecule has 37 heavy (non-hydrogen) atoms. The van der Waals surface area contributed by atoms with Crippen molar-refractivity contribution in [3.63, 3.8) is 0 Å². The molecule has 1 aliphatic carbocycles. The van der Waals surface area contributed by atoms with Gasteiger partial charge in [0.05, 0.1) is 11.9 Å². The van der Waals surface area contributed by atoms with Crippen LogP contribution in [0.15, 0.2) is 42.5 Å². The van der Waals surface area contributed by atoms with Crippen molar-refractivity contribution >= 4 is 62.3 Å². The topological polar surface area (TPSA) is 86.8 Å². The minimum absolute atomic E-state index is 0.0510. The first kappa shape index (κ1) is 29.6. The average Bonchev–Trinajstić information content (AvgIpc) is 2.84. The molecule has 1 atom stereocenters. The van der Waals surface area contributed by atoms with Gasteiger partial charge in [-0.1, -0.05) is 73.1 Å². The van der Waals surface area contributed by atoms with Crippen LogP contribution in [0.5, 0.6) is 0 Å². The van der Waals surface area contributed by atoms with Crippen LogP contribution in [0.1, 0.15) is 51.0 Å². The fraction of sp³-hybridized carbons (Fsp3) is 0.462. The first-order chi connectivity index (χ1) is 17.5. The van der Waals surface area contributed by atoms with Gasteiger partial charge in [-0.05, 0) is 49.6 Å². The van der Waals surface area contributed by atoms with Crippen LogP contribution < -0.4 is 9.62 Å². The van der Waals surface area contributed by atoms with E-state index in [1.165, 1.54) is 11.0 Å². The largest absolute Gasteiger partial charge is 0.352 e. The molecule has 0 bridgehead atoms. The second kappa shape index (κ2) is 13.2. The maximum absolute atomic E-state index is 13.8. The first-order valence-corrected chi connectivity index (χ1v) is 15.3. The molecule has 0 saturated heterocycles. The number of carbonyl (C=O) groups is 2. The molecule has 0 aromatic heterocycles. The number of amides is 2. The number of hydrogen-bond acceptors (Lipinski definition) is 4. The maximum atomic E-state index is 13.8. The van der Waals surface area contributed by atoms with Crippen molar-refractivity contribution in [2.45, 2.75) is 64.1 Å². The van der Waals surface area contributed by atoms with Crippen LogP contribution in [0.3, 0.4) is 0 Å². The Hall–Kier alpha value is -2.00. The molecule has 2 amide bonds. The normalized spacial score (nSPS) is 15.2. The van der Waals surface area contributed by atoms with Crippen molar-refractivity contribution in [2.24, 2.45) is 0 Å². The van der Waals surface area contributed by atoms with Gasteiger partial charge in [0.25, 0.3) is 0 Å². The van der Waals surface area contributed by atoms with E-state index in [1.807, 2.05) is 6.92 Å². The third-order valence-electron chi connectivity index (χ3n) is 6.50. The van der Waals surface area contributed by atoms with Gasteiger partial charge in [0.15, 0.2) is 0 Å². The summed E-state index contributed by atoms with van der Waals surface area (Å²) < 4.78 is 26.4. The number of nitrogens with zero attached hydrogens (tertiary/aromatic N) is 2. The van der Waals surface area contributed by atoms with Gasteiger partial charge in [-0.3, -0.25) is 13.9 Å². The van der Waals surface area contributed by atoms with E-state index < -0.39 is 28.5 Å². The highest BCUT2D eigenvalue weighted by molar-refractivity contribution is 7.92. The number of rotatable bonds is 10. The summed E-state index contributed by atoms with van der Waals surface area (Å²) in [6.45, 7) is 1.24. The number of hydrogen-bond donors (Lipinski definition) is 1. The number of carbonyl (C=O) groups excluding carboxylic acids is 2. The molecule has 0 unspecified atom stereocenters. The number of halogens is 3. The van der Waals surface area contributed by atoms with Crippen molar-refractivity contribution in [1.82, 2.24) is 10.2 Å². The Morgan fingerprint density at radius 2 is 1.65 bits per heavy atom. The minimum Gasteiger partial charge on any atom is -0.352 e. The van der Waals surface area contributed by atoms with Crippen molar-refractivity contribution in [1.29, 1.82) is 0 Å². The van der Waals surface area contributed by atoms with E-state index in [2.05, 4.69) is 5.32 Å². The summed E-state index contributed by atoms with van der Waals surface area (Å²) in [4.78, 5) is 28.6. The highest BCUT2D eigenvalue weighted by Crippen LogP contribution is 2.28. The highest BCUT2D eigenvalue weighted by atomic mass is 35.5. The predicted octanol–water partition coefficient (Wildman–Crippen LogP) is 5.67. The molecule has 0 spiro atoms. The van der Waals surface area contributed by atoms with Gasteiger partial charge in [0.1, 0.15) is 12.6 Å². The number of sulfonamides is 1. The smallest absolute Gasteiger partial charge is 0.244 e. The molecule has 0 radical (unpaired) electrons. The van der Waals surface area contributed by atoms with Gasteiger partial charge in [-0.25, -0.2) is 8.42 Å². The molecule has 0 aliphatic heterocycles. The summed E-state index contributed by atoms with van der Waals surface area (Å²) >= 11 is 18.9. The van der Waals surface area contributed by atoms with Crippen LogP contribution in [-0.4, -0.2) is 50.0 Å². The lowest BCUT2D eigenvalue weighted by molar-refractivity contribution is -0.140. The quantitative estimate of drug-likeness (QED) is 0.388. The van der Waals surface area contributed by atoms with Crippen molar-refractivity contribution < 1.29 is 18.0 Å². The van der Waals surface area contributed by atoms with Crippen LogP contribution in [-0.2, 0) is 26.2 Å². The van der Waals surface area contributed by atoms with Crippen LogP contribution in [0.25, 0.3) is 0 Å². The van der Waals surface area contributed by atoms with Crippen LogP contribution in [0.2, 0.25) is 15.1 Å². The second-order valence-electron chi connectivity index (χ2n) is 9.24. The molecule has 1 aliphatic rings. The Morgan fingerprint density at radius 3 is 2.22 bits per heavy atom. The van der Waals surface area contributed by atoms with E-state index in [9.17, 15) is 18.0 Å². The number of benzene rings is 2. The van der Waals surface area contributed by atoms with Crippen LogP contribution in [0.4, 0.5) is 5.69 Å². The van der Waals surface area contributed by atoms with E-state index >= 15 is 0 Å². The molecule has 1 fully saturated rings. The van der Waals surface area contributed by atoms with E-state index in [0.29, 0.717) is 27.1 Å². The van der Waals surface area contributed by atoms with Gasteiger partial charge in [0, 0.05) is 33.2 Å². The predicted molar refractivity (Wildman–Crippen MR) is 150 cm³/mol. The lowest BCUT2D eigenvalue weighted by Gasteiger charge is -2.34. The standard InChI is InChI=1S/C26H32Cl3N3O4S/c1-3-24(26(34)30-19-10-5-4-6-11-19)31(16-21-22(28)13-8-14-23(21)29)25(33)17-32(37(2,35)36)20-12-7-9-18(27)15-20/h7-9,12-15,19,24H,3-6,10-11,16-17H2,1-2H3,(H,30,34)/t24-/m0/s1. The van der Waals surface area contributed by atoms with Crippen molar-refractivity contribution in [3.8, 4) is 0 Å². The zero-order valence-electron chi connectivity index (χ0n) is 20.9. The molecule has 1 saturated carbocycles. The minimum atomic E-state index is -3.85. The monoisotopic (exact) mass is 587 g/mol. The Kier molecular flexibility index (Phi) is 10.5. The van der Waals surface area contributed by atoms with Crippen LogP contribution in [0, 0.1) is 0 Å². The fourth-order valence-corrected chi connectivity index (χ4v) is 6.11. The van der Waals surface area contributed by atoms with Crippen molar-refractivity contribution in [2.75, 3.05) is 17.1 Å². The van der Waals surface area contributed by atoms with Gasteiger partial charge in [-0.15, -0.1) is 0 Å². The van der Waals surface area contributed by atoms with Gasteiger partial charge in [0.2, 0.25) is 21.8 Å². The molecule has 2 aromatic carbocycles. The van der Waals surface area contributed by atoms with E-state index in [-0.39, 0.29) is 24.2 Å². The summed E-state index contributed by atoms with van der Waals surface area (Å²) in [6.07, 6.45) is 6.35. The molecule has 0 heterocycles. The zero-order chi connectivity index (χ0) is 27.2. The second-order valence-corrected chi connectivity index (χ2v) is 12.4. The lowest BCUT2D eigenvalue weighted by Crippen LogP contribution is -2.54. The Bertz CT molecular complexity index is 1200. The molecule has 202 valence electrons. The maximum Gasteiger partial charge on any atom is 0.244 e. The van der Waals surface area contributed by atoms with Gasteiger partial charge >= 0.3 is 0 Å². The molecule has 11 heteroatoms. The number of nitrogens with one attached hydrogen (secondary N) is 1. The van der Waals surface area contributed by atoms with Gasteiger partial charge < -0.3 is 10.2 Å². The molecule has 2 aromatic rings. The van der Waals surface area contributed by atoms with E-state index in [0.717, 1.165) is 42.7 Å². The Morgan fingerprint density at radius 1 is 1.03 bits per heavy atom. The first-order valence-electron chi connectivity index (χ1n) is 12.3. The zero-order valence-corrected chi connectivity index (χ0v) is 24.0. The third kappa shape index (κ3) is 7.99. The molecular weight excluding hydrogens is 557 g/mol. The fourth-order valence-electron chi connectivity index (χ4n) is 4.56. The van der Waals surface area contributed by atoms with Gasteiger partial charge in [-0.2, -0.15) is 0 Å². The summed E-state index contributed by atoms with van der Waals surface area (Å²) in [5, 5.41) is 4.12.